The zero-order valence-electron chi connectivity index (χ0n) is 22.4. The van der Waals surface area contributed by atoms with Gasteiger partial charge in [-0.1, -0.05) is 0 Å². The van der Waals surface area contributed by atoms with E-state index in [9.17, 15) is 0 Å². The number of imidazole rings is 1. The van der Waals surface area contributed by atoms with E-state index in [1.54, 1.807) is 0 Å². The van der Waals surface area contributed by atoms with Crippen molar-refractivity contribution in [2.45, 2.75) is 0 Å². The third kappa shape index (κ3) is 3.22. The minimum absolute atomic E-state index is 0.987. The Labute approximate surface area is 249 Å². The second kappa shape index (κ2) is 8.98. The first-order valence-electron chi connectivity index (χ1n) is 14.0. The van der Waals surface area contributed by atoms with Crippen LogP contribution in [0.4, 0.5) is 0 Å². The molecule has 0 saturated carbocycles. The molecule has 0 amide bonds. The van der Waals surface area contributed by atoms with Crippen LogP contribution in [0.25, 0.3) is 60.2 Å². The van der Waals surface area contributed by atoms with Crippen LogP contribution in [0.15, 0.2) is 140 Å². The van der Waals surface area contributed by atoms with Crippen molar-refractivity contribution in [3.63, 3.8) is 0 Å². The molecule has 42 heavy (non-hydrogen) atoms. The van der Waals surface area contributed by atoms with Crippen molar-refractivity contribution in [1.29, 1.82) is 0 Å². The van der Waals surface area contributed by atoms with E-state index < -0.39 is 5.66 Å². The zero-order valence-corrected chi connectivity index (χ0v) is 25.0. The normalized spacial score (nSPS) is 13.5. The van der Waals surface area contributed by atoms with Crippen molar-refractivity contribution in [2.75, 3.05) is 0 Å². The van der Waals surface area contributed by atoms with Crippen LogP contribution in [0.5, 0.6) is 0 Å². The van der Waals surface area contributed by atoms with E-state index >= 15 is 0 Å². The van der Waals surface area contributed by atoms with Gasteiger partial charge in [0.15, 0.2) is 0 Å². The fourth-order valence-electron chi connectivity index (χ4n) is 6.62. The van der Waals surface area contributed by atoms with E-state index in [1.807, 2.05) is 12.4 Å². The molecule has 9 aromatic rings. The molecule has 0 N–H and O–H groups in total. The molecule has 1 atom stereocenters. The van der Waals surface area contributed by atoms with Crippen molar-refractivity contribution in [1.82, 2.24) is 18.7 Å². The van der Waals surface area contributed by atoms with Gasteiger partial charge in [-0.15, -0.1) is 0 Å². The van der Waals surface area contributed by atoms with Crippen molar-refractivity contribution >= 4 is 91.5 Å². The van der Waals surface area contributed by atoms with Gasteiger partial charge < -0.3 is 0 Å². The zero-order chi connectivity index (χ0) is 27.8. The predicted molar refractivity (Wildman–Crippen MR) is 179 cm³/mol. The van der Waals surface area contributed by atoms with Crippen LogP contribution in [-0.2, 0) is 0 Å². The summed E-state index contributed by atoms with van der Waals surface area (Å²) in [6, 6.07) is 45.9. The summed E-state index contributed by atoms with van der Waals surface area (Å²) < 4.78 is 4.88. The molecule has 4 aromatic heterocycles. The molecule has 4 nitrogen and oxygen atoms in total. The molecule has 6 heteroatoms. The monoisotopic (exact) mass is 622 g/mol. The Morgan fingerprint density at radius 1 is 0.500 bits per heavy atom. The Morgan fingerprint density at radius 3 is 1.76 bits per heavy atom. The standard InChI is InChI=1S/C36H23N4PSe/c42-41(24-19-21-37-22-20-24,40-33-14-6-2-9-26(33)27-10-3-7-15-34(27)40)25-17-18-29-30(23-25)28-11-1-5-13-32(28)39-35-16-8-4-12-31(35)38-36(29)39/h1-23H. The molecule has 1 unspecified atom stereocenters. The number of hydrogen-bond donors (Lipinski definition) is 0. The van der Waals surface area contributed by atoms with Gasteiger partial charge in [0.2, 0.25) is 0 Å². The SMILES string of the molecule is [Se]=P(c1ccncc1)(c1ccc2c(c1)c1ccccc1n1c3ccccc3nc21)n1c2ccccc2c2ccccc21. The summed E-state index contributed by atoms with van der Waals surface area (Å²) in [5, 5.41) is 8.60. The molecule has 0 aliphatic rings. The van der Waals surface area contributed by atoms with Crippen molar-refractivity contribution in [3.05, 3.63) is 140 Å². The summed E-state index contributed by atoms with van der Waals surface area (Å²) >= 11 is 3.81. The minimum atomic E-state index is -2.32. The molecule has 0 bridgehead atoms. The quantitative estimate of drug-likeness (QED) is 0.115. The van der Waals surface area contributed by atoms with Crippen LogP contribution < -0.4 is 10.6 Å². The number of nitrogens with zero attached hydrogens (tertiary/aromatic N) is 4. The molecule has 0 fully saturated rings. The molecule has 0 aliphatic heterocycles. The van der Waals surface area contributed by atoms with Gasteiger partial charge in [-0.25, -0.2) is 0 Å². The van der Waals surface area contributed by atoms with Crippen LogP contribution in [0.3, 0.4) is 0 Å². The number of fused-ring (bicyclic) bond motifs is 11. The molecule has 5 aromatic carbocycles. The predicted octanol–water partition coefficient (Wildman–Crippen LogP) is 7.81. The number of rotatable bonds is 3. The van der Waals surface area contributed by atoms with E-state index in [2.05, 4.69) is 156 Å². The average Bonchev–Trinajstić information content (AvgIpc) is 3.62. The van der Waals surface area contributed by atoms with Gasteiger partial charge in [-0.05, 0) is 0 Å². The Morgan fingerprint density at radius 2 is 1.07 bits per heavy atom. The van der Waals surface area contributed by atoms with Gasteiger partial charge in [0.1, 0.15) is 0 Å². The van der Waals surface area contributed by atoms with Crippen LogP contribution >= 0.6 is 5.66 Å². The van der Waals surface area contributed by atoms with E-state index in [0.717, 1.165) is 27.6 Å². The number of benzene rings is 5. The molecular weight excluding hydrogens is 598 g/mol. The molecule has 9 rings (SSSR count). The van der Waals surface area contributed by atoms with Crippen molar-refractivity contribution in [2.24, 2.45) is 0 Å². The maximum atomic E-state index is 5.13. The summed E-state index contributed by atoms with van der Waals surface area (Å²) in [4.78, 5) is 9.51. The maximum absolute atomic E-state index is 5.13. The number of hydrogen-bond acceptors (Lipinski definition) is 2. The fraction of sp³-hybridized carbons (Fsp3) is 0. The Kier molecular flexibility index (Phi) is 5.16. The molecule has 0 spiro atoms. The second-order valence-corrected chi connectivity index (χ2v) is 16.5. The number of para-hydroxylation sites is 5. The molecule has 4 heterocycles. The number of aromatic nitrogens is 4. The first-order valence-corrected chi connectivity index (χ1v) is 17.9. The molecule has 0 saturated heterocycles. The topological polar surface area (TPSA) is 35.1 Å². The van der Waals surface area contributed by atoms with E-state index in [0.29, 0.717) is 0 Å². The molecule has 198 valence electrons. The summed E-state index contributed by atoms with van der Waals surface area (Å²) in [5.41, 5.74) is 4.42. The molecule has 0 aliphatic carbocycles. The third-order valence-corrected chi connectivity index (χ3v) is 15.1. The first kappa shape index (κ1) is 24.1. The van der Waals surface area contributed by atoms with Gasteiger partial charge in [0, 0.05) is 0 Å². The van der Waals surface area contributed by atoms with Gasteiger partial charge >= 0.3 is 250 Å². The van der Waals surface area contributed by atoms with Gasteiger partial charge in [-0.3, -0.25) is 0 Å². The Hall–Kier alpha value is -4.53. The van der Waals surface area contributed by atoms with Gasteiger partial charge in [-0.2, -0.15) is 0 Å². The van der Waals surface area contributed by atoms with Crippen LogP contribution in [0.2, 0.25) is 0 Å². The first-order chi connectivity index (χ1) is 20.7. The Balaban J connectivity index is 1.45. The van der Waals surface area contributed by atoms with E-state index in [1.165, 1.54) is 43.2 Å². The van der Waals surface area contributed by atoms with Gasteiger partial charge in [0.25, 0.3) is 0 Å². The van der Waals surface area contributed by atoms with Crippen molar-refractivity contribution in [3.8, 4) is 0 Å². The molecular formula is C36H23N4PSe. The third-order valence-electron chi connectivity index (χ3n) is 8.44. The van der Waals surface area contributed by atoms with E-state index in [4.69, 9.17) is 4.98 Å². The Bertz CT molecular complexity index is 2510. The summed E-state index contributed by atoms with van der Waals surface area (Å²) in [6.45, 7) is 0. The number of pyridine rings is 2. The van der Waals surface area contributed by atoms with Crippen LogP contribution in [0.1, 0.15) is 0 Å². The van der Waals surface area contributed by atoms with Gasteiger partial charge in [0.05, 0.1) is 0 Å². The summed E-state index contributed by atoms with van der Waals surface area (Å²) in [7, 11) is 0. The van der Waals surface area contributed by atoms with Crippen LogP contribution in [0, 0.1) is 0 Å². The second-order valence-electron chi connectivity index (χ2n) is 10.6. The van der Waals surface area contributed by atoms with Crippen LogP contribution in [-0.4, -0.2) is 33.8 Å². The summed E-state index contributed by atoms with van der Waals surface area (Å²) in [5.74, 6) is 0. The molecule has 0 radical (unpaired) electrons. The van der Waals surface area contributed by atoms with Crippen molar-refractivity contribution < 1.29 is 0 Å². The van der Waals surface area contributed by atoms with E-state index in [-0.39, 0.29) is 0 Å². The fourth-order valence-corrected chi connectivity index (χ4v) is 12.0. The average molecular weight is 622 g/mol. The summed E-state index contributed by atoms with van der Waals surface area (Å²) in [6.07, 6.45) is 3.82.